The molecule has 1 aliphatic rings. The Kier molecular flexibility index (Phi) is 3.37. The highest BCUT2D eigenvalue weighted by Crippen LogP contribution is 2.24. The van der Waals surface area contributed by atoms with Gasteiger partial charge >= 0.3 is 0 Å². The number of nitriles is 1. The van der Waals surface area contributed by atoms with Crippen LogP contribution in [0.4, 0.5) is 0 Å². The highest BCUT2D eigenvalue weighted by Gasteiger charge is 2.20. The van der Waals surface area contributed by atoms with Crippen LogP contribution in [0.1, 0.15) is 31.2 Å². The zero-order valence-corrected chi connectivity index (χ0v) is 9.10. The van der Waals surface area contributed by atoms with Gasteiger partial charge in [0.1, 0.15) is 17.4 Å². The van der Waals surface area contributed by atoms with Crippen molar-refractivity contribution in [2.75, 3.05) is 0 Å². The Morgan fingerprint density at radius 3 is 2.81 bits per heavy atom. The van der Waals surface area contributed by atoms with Gasteiger partial charge in [0, 0.05) is 18.4 Å². The van der Waals surface area contributed by atoms with Crippen molar-refractivity contribution >= 4 is 0 Å². The van der Waals surface area contributed by atoms with Gasteiger partial charge in [-0.15, -0.1) is 0 Å². The second kappa shape index (κ2) is 4.95. The summed E-state index contributed by atoms with van der Waals surface area (Å²) in [7, 11) is 0. The molecule has 0 bridgehead atoms. The summed E-state index contributed by atoms with van der Waals surface area (Å²) in [6.45, 7) is 0. The molecule has 0 aromatic carbocycles. The molecular weight excluding hydrogens is 202 g/mol. The molecule has 0 spiro atoms. The Morgan fingerprint density at radius 1 is 1.38 bits per heavy atom. The normalized spacial score (nSPS) is 24.8. The lowest BCUT2D eigenvalue weighted by Gasteiger charge is -2.26. The molecule has 0 atom stereocenters. The second-order valence-electron chi connectivity index (χ2n) is 4.14. The van der Waals surface area contributed by atoms with E-state index in [1.54, 1.807) is 12.3 Å². The summed E-state index contributed by atoms with van der Waals surface area (Å²) in [4.78, 5) is 3.90. The zero-order chi connectivity index (χ0) is 11.4. The molecule has 84 valence electrons. The summed E-state index contributed by atoms with van der Waals surface area (Å²) in [5.41, 5.74) is 6.33. The Balaban J connectivity index is 2.01. The molecule has 4 nitrogen and oxygen atoms in total. The number of hydrogen-bond acceptors (Lipinski definition) is 4. The zero-order valence-electron chi connectivity index (χ0n) is 9.10. The van der Waals surface area contributed by atoms with Gasteiger partial charge in [-0.05, 0) is 31.7 Å². The summed E-state index contributed by atoms with van der Waals surface area (Å²) in [5.74, 6) is 0.637. The summed E-state index contributed by atoms with van der Waals surface area (Å²) < 4.78 is 5.81. The Morgan fingerprint density at radius 2 is 2.12 bits per heavy atom. The molecule has 0 unspecified atom stereocenters. The van der Waals surface area contributed by atoms with E-state index in [0.717, 1.165) is 25.7 Å². The molecule has 2 N–H and O–H groups in total. The van der Waals surface area contributed by atoms with Crippen molar-refractivity contribution < 1.29 is 4.74 Å². The largest absolute Gasteiger partial charge is 0.489 e. The molecule has 1 fully saturated rings. The van der Waals surface area contributed by atoms with Gasteiger partial charge in [-0.3, -0.25) is 4.98 Å². The maximum Gasteiger partial charge on any atom is 0.140 e. The first-order valence-electron chi connectivity index (χ1n) is 5.56. The van der Waals surface area contributed by atoms with E-state index in [-0.39, 0.29) is 6.10 Å². The molecule has 1 saturated carbocycles. The lowest BCUT2D eigenvalue weighted by atomic mass is 9.94. The average Bonchev–Trinajstić information content (AvgIpc) is 2.33. The van der Waals surface area contributed by atoms with Crippen molar-refractivity contribution in [1.82, 2.24) is 4.98 Å². The van der Waals surface area contributed by atoms with Crippen LogP contribution in [0.3, 0.4) is 0 Å². The van der Waals surface area contributed by atoms with Gasteiger partial charge in [0.2, 0.25) is 0 Å². The van der Waals surface area contributed by atoms with Gasteiger partial charge in [-0.2, -0.15) is 5.26 Å². The third kappa shape index (κ3) is 2.50. The highest BCUT2D eigenvalue weighted by atomic mass is 16.5. The fourth-order valence-electron chi connectivity index (χ4n) is 1.95. The Labute approximate surface area is 95.0 Å². The smallest absolute Gasteiger partial charge is 0.140 e. The van der Waals surface area contributed by atoms with Crippen LogP contribution in [0, 0.1) is 11.3 Å². The summed E-state index contributed by atoms with van der Waals surface area (Å²) in [6, 6.07) is 4.14. The maximum absolute atomic E-state index is 8.90. The van der Waals surface area contributed by atoms with Crippen molar-refractivity contribution in [2.45, 2.75) is 37.8 Å². The number of aromatic nitrogens is 1. The van der Waals surface area contributed by atoms with Gasteiger partial charge in [-0.1, -0.05) is 0 Å². The summed E-state index contributed by atoms with van der Waals surface area (Å²) in [5, 5.41) is 8.90. The lowest BCUT2D eigenvalue weighted by Crippen LogP contribution is -2.31. The molecule has 4 heteroatoms. The quantitative estimate of drug-likeness (QED) is 0.816. The fraction of sp³-hybridized carbons (Fsp3) is 0.500. The SMILES string of the molecule is N#Cc1cnccc1O[C@H]1CC[C@H](N)CC1. The van der Waals surface area contributed by atoms with Crippen molar-refractivity contribution in [3.05, 3.63) is 24.0 Å². The number of pyridine rings is 1. The van der Waals surface area contributed by atoms with Gasteiger partial charge in [0.25, 0.3) is 0 Å². The van der Waals surface area contributed by atoms with Crippen LogP contribution in [0.25, 0.3) is 0 Å². The van der Waals surface area contributed by atoms with Gasteiger partial charge in [-0.25, -0.2) is 0 Å². The summed E-state index contributed by atoms with van der Waals surface area (Å²) >= 11 is 0. The molecular formula is C12H15N3O. The predicted molar refractivity (Wildman–Crippen MR) is 59.8 cm³/mol. The van der Waals surface area contributed by atoms with Crippen LogP contribution in [0.5, 0.6) is 5.75 Å². The van der Waals surface area contributed by atoms with Gasteiger partial charge in [0.05, 0.1) is 6.10 Å². The Bertz CT molecular complexity index is 391. The molecule has 0 amide bonds. The maximum atomic E-state index is 8.90. The third-order valence-electron chi connectivity index (χ3n) is 2.91. The number of hydrogen-bond donors (Lipinski definition) is 1. The van der Waals surface area contributed by atoms with E-state index in [1.807, 2.05) is 0 Å². The minimum atomic E-state index is 0.189. The van der Waals surface area contributed by atoms with E-state index in [4.69, 9.17) is 15.7 Å². The first-order chi connectivity index (χ1) is 7.79. The predicted octanol–water partition coefficient (Wildman–Crippen LogP) is 1.60. The first-order valence-corrected chi connectivity index (χ1v) is 5.56. The molecule has 1 heterocycles. The van der Waals surface area contributed by atoms with Crippen LogP contribution in [0.15, 0.2) is 18.5 Å². The summed E-state index contributed by atoms with van der Waals surface area (Å²) in [6.07, 6.45) is 7.29. The first kappa shape index (κ1) is 10.9. The molecule has 1 aromatic heterocycles. The third-order valence-corrected chi connectivity index (χ3v) is 2.91. The van der Waals surface area contributed by atoms with E-state index in [0.29, 0.717) is 17.4 Å². The number of nitrogens with zero attached hydrogens (tertiary/aromatic N) is 2. The van der Waals surface area contributed by atoms with E-state index in [9.17, 15) is 0 Å². The van der Waals surface area contributed by atoms with Crippen molar-refractivity contribution in [2.24, 2.45) is 5.73 Å². The van der Waals surface area contributed by atoms with E-state index < -0.39 is 0 Å². The van der Waals surface area contributed by atoms with E-state index in [1.165, 1.54) is 6.20 Å². The standard InChI is InChI=1S/C12H15N3O/c13-7-9-8-15-6-5-12(9)16-11-3-1-10(14)2-4-11/h5-6,8,10-11H,1-4,14H2/t10-,11-. The Hall–Kier alpha value is -1.60. The van der Waals surface area contributed by atoms with Gasteiger partial charge in [0.15, 0.2) is 0 Å². The van der Waals surface area contributed by atoms with E-state index >= 15 is 0 Å². The fourth-order valence-corrected chi connectivity index (χ4v) is 1.95. The van der Waals surface area contributed by atoms with Crippen molar-refractivity contribution in [3.8, 4) is 11.8 Å². The van der Waals surface area contributed by atoms with E-state index in [2.05, 4.69) is 11.1 Å². The van der Waals surface area contributed by atoms with Crippen molar-refractivity contribution in [1.29, 1.82) is 5.26 Å². The number of ether oxygens (including phenoxy) is 1. The highest BCUT2D eigenvalue weighted by molar-refractivity contribution is 5.40. The average molecular weight is 217 g/mol. The molecule has 1 aliphatic carbocycles. The van der Waals surface area contributed by atoms with Gasteiger partial charge < -0.3 is 10.5 Å². The van der Waals surface area contributed by atoms with Crippen molar-refractivity contribution in [3.63, 3.8) is 0 Å². The van der Waals surface area contributed by atoms with Crippen LogP contribution in [-0.4, -0.2) is 17.1 Å². The molecule has 2 rings (SSSR count). The minimum absolute atomic E-state index is 0.189. The van der Waals surface area contributed by atoms with Crippen LogP contribution in [-0.2, 0) is 0 Å². The molecule has 0 radical (unpaired) electrons. The second-order valence-corrected chi connectivity index (χ2v) is 4.14. The minimum Gasteiger partial charge on any atom is -0.489 e. The number of rotatable bonds is 2. The molecule has 0 saturated heterocycles. The lowest BCUT2D eigenvalue weighted by molar-refractivity contribution is 0.146. The topological polar surface area (TPSA) is 71.9 Å². The molecule has 1 aromatic rings. The van der Waals surface area contributed by atoms with Crippen LogP contribution >= 0.6 is 0 Å². The van der Waals surface area contributed by atoms with Crippen LogP contribution in [0.2, 0.25) is 0 Å². The monoisotopic (exact) mass is 217 g/mol. The van der Waals surface area contributed by atoms with Crippen LogP contribution < -0.4 is 10.5 Å². The molecule has 16 heavy (non-hydrogen) atoms. The molecule has 0 aliphatic heterocycles. The number of nitrogens with two attached hydrogens (primary N) is 1.